The van der Waals surface area contributed by atoms with E-state index in [9.17, 15) is 9.59 Å². The van der Waals surface area contributed by atoms with E-state index < -0.39 is 18.1 Å². The van der Waals surface area contributed by atoms with E-state index >= 15 is 0 Å². The Hall–Kier alpha value is -1.36. The van der Waals surface area contributed by atoms with Gasteiger partial charge in [-0.25, -0.2) is 0 Å². The summed E-state index contributed by atoms with van der Waals surface area (Å²) in [7, 11) is 0. The van der Waals surface area contributed by atoms with E-state index in [-0.39, 0.29) is 5.91 Å². The zero-order valence-corrected chi connectivity index (χ0v) is 12.1. The average molecular weight is 282 g/mol. The number of hydrogen-bond acceptors (Lipinski definition) is 3. The SMILES string of the molecule is C=CCCCCCC[C@H](NC(=O)[C@H]1CCCO1)C(N)=O. The molecule has 1 saturated heterocycles. The van der Waals surface area contributed by atoms with Crippen molar-refractivity contribution < 1.29 is 14.3 Å². The zero-order valence-electron chi connectivity index (χ0n) is 12.1. The van der Waals surface area contributed by atoms with E-state index in [0.29, 0.717) is 13.0 Å². The highest BCUT2D eigenvalue weighted by Gasteiger charge is 2.27. The van der Waals surface area contributed by atoms with Crippen LogP contribution in [-0.2, 0) is 14.3 Å². The van der Waals surface area contributed by atoms with Gasteiger partial charge in [-0.2, -0.15) is 0 Å². The fourth-order valence-electron chi connectivity index (χ4n) is 2.33. The summed E-state index contributed by atoms with van der Waals surface area (Å²) in [6, 6.07) is -0.578. The summed E-state index contributed by atoms with van der Waals surface area (Å²) in [5, 5.41) is 2.71. The van der Waals surface area contributed by atoms with E-state index in [4.69, 9.17) is 10.5 Å². The summed E-state index contributed by atoms with van der Waals surface area (Å²) in [4.78, 5) is 23.2. The van der Waals surface area contributed by atoms with Crippen molar-refractivity contribution >= 4 is 11.8 Å². The van der Waals surface area contributed by atoms with Gasteiger partial charge in [-0.05, 0) is 32.1 Å². The molecule has 0 saturated carbocycles. The van der Waals surface area contributed by atoms with Crippen molar-refractivity contribution in [3.05, 3.63) is 12.7 Å². The molecule has 1 fully saturated rings. The third-order valence-electron chi connectivity index (χ3n) is 3.53. The molecule has 0 bridgehead atoms. The molecule has 5 nitrogen and oxygen atoms in total. The van der Waals surface area contributed by atoms with Crippen LogP contribution in [-0.4, -0.2) is 30.6 Å². The first kappa shape index (κ1) is 16.7. The Balaban J connectivity index is 2.23. The number of carbonyl (C=O) groups excluding carboxylic acids is 2. The molecule has 0 aromatic heterocycles. The molecule has 114 valence electrons. The number of hydrogen-bond donors (Lipinski definition) is 2. The number of carbonyl (C=O) groups is 2. The summed E-state index contributed by atoms with van der Waals surface area (Å²) in [6.45, 7) is 4.29. The molecular formula is C15H26N2O3. The fourth-order valence-corrected chi connectivity index (χ4v) is 2.33. The molecule has 2 amide bonds. The largest absolute Gasteiger partial charge is 0.368 e. The van der Waals surface area contributed by atoms with Gasteiger partial charge in [0.25, 0.3) is 0 Å². The van der Waals surface area contributed by atoms with Crippen molar-refractivity contribution in [1.29, 1.82) is 0 Å². The van der Waals surface area contributed by atoms with Crippen molar-refractivity contribution in [1.82, 2.24) is 5.32 Å². The lowest BCUT2D eigenvalue weighted by Gasteiger charge is -2.17. The molecule has 3 N–H and O–H groups in total. The summed E-state index contributed by atoms with van der Waals surface area (Å²) in [5.41, 5.74) is 5.34. The summed E-state index contributed by atoms with van der Waals surface area (Å²) >= 11 is 0. The van der Waals surface area contributed by atoms with Crippen LogP contribution < -0.4 is 11.1 Å². The molecule has 1 heterocycles. The smallest absolute Gasteiger partial charge is 0.249 e. The molecular weight excluding hydrogens is 256 g/mol. The molecule has 2 atom stereocenters. The predicted molar refractivity (Wildman–Crippen MR) is 78.0 cm³/mol. The van der Waals surface area contributed by atoms with E-state index in [0.717, 1.165) is 44.9 Å². The van der Waals surface area contributed by atoms with Crippen LogP contribution in [0.5, 0.6) is 0 Å². The Morgan fingerprint density at radius 3 is 2.70 bits per heavy atom. The maximum Gasteiger partial charge on any atom is 0.249 e. The quantitative estimate of drug-likeness (QED) is 0.472. The highest BCUT2D eigenvalue weighted by molar-refractivity contribution is 5.88. The van der Waals surface area contributed by atoms with Crippen LogP contribution in [0.1, 0.15) is 51.4 Å². The highest BCUT2D eigenvalue weighted by atomic mass is 16.5. The highest BCUT2D eigenvalue weighted by Crippen LogP contribution is 2.13. The second-order valence-electron chi connectivity index (χ2n) is 5.25. The number of primary amides is 1. The molecule has 1 aliphatic rings. The molecule has 20 heavy (non-hydrogen) atoms. The predicted octanol–water partition coefficient (Wildman–Crippen LogP) is 1.66. The monoisotopic (exact) mass is 282 g/mol. The maximum atomic E-state index is 11.9. The van der Waals surface area contributed by atoms with Crippen molar-refractivity contribution in [3.63, 3.8) is 0 Å². The summed E-state index contributed by atoms with van der Waals surface area (Å²) in [5.74, 6) is -0.680. The van der Waals surface area contributed by atoms with Gasteiger partial charge < -0.3 is 15.8 Å². The minimum absolute atomic E-state index is 0.210. The van der Waals surface area contributed by atoms with Crippen molar-refractivity contribution in [2.24, 2.45) is 5.73 Å². The third kappa shape index (κ3) is 6.19. The second kappa shape index (κ2) is 9.53. The number of allylic oxidation sites excluding steroid dienone is 1. The van der Waals surface area contributed by atoms with Gasteiger partial charge in [0, 0.05) is 6.61 Å². The molecule has 0 aromatic carbocycles. The normalized spacial score (nSPS) is 19.5. The zero-order chi connectivity index (χ0) is 14.8. The van der Waals surface area contributed by atoms with Crippen LogP contribution in [0.2, 0.25) is 0 Å². The minimum atomic E-state index is -0.578. The number of rotatable bonds is 10. The Morgan fingerprint density at radius 1 is 1.35 bits per heavy atom. The van der Waals surface area contributed by atoms with Crippen molar-refractivity contribution in [3.8, 4) is 0 Å². The molecule has 5 heteroatoms. The molecule has 0 spiro atoms. The van der Waals surface area contributed by atoms with Crippen LogP contribution >= 0.6 is 0 Å². The first-order chi connectivity index (χ1) is 9.65. The summed E-state index contributed by atoms with van der Waals surface area (Å²) in [6.07, 6.45) is 8.88. The number of ether oxygens (including phenoxy) is 1. The van der Waals surface area contributed by atoms with Crippen molar-refractivity contribution in [2.75, 3.05) is 6.61 Å². The minimum Gasteiger partial charge on any atom is -0.368 e. The first-order valence-electron chi connectivity index (χ1n) is 7.47. The van der Waals surface area contributed by atoms with E-state index in [1.54, 1.807) is 0 Å². The van der Waals surface area contributed by atoms with Gasteiger partial charge in [0.15, 0.2) is 0 Å². The average Bonchev–Trinajstić information content (AvgIpc) is 2.95. The van der Waals surface area contributed by atoms with Gasteiger partial charge in [0.1, 0.15) is 12.1 Å². The van der Waals surface area contributed by atoms with Gasteiger partial charge in [-0.3, -0.25) is 9.59 Å². The van der Waals surface area contributed by atoms with Crippen LogP contribution in [0.3, 0.4) is 0 Å². The van der Waals surface area contributed by atoms with E-state index in [1.165, 1.54) is 0 Å². The second-order valence-corrected chi connectivity index (χ2v) is 5.25. The molecule has 0 unspecified atom stereocenters. The Kier molecular flexibility index (Phi) is 7.95. The van der Waals surface area contributed by atoms with E-state index in [2.05, 4.69) is 11.9 Å². The number of unbranched alkanes of at least 4 members (excludes halogenated alkanes) is 4. The number of nitrogens with two attached hydrogens (primary N) is 1. The molecule has 1 aliphatic heterocycles. The lowest BCUT2D eigenvalue weighted by molar-refractivity contribution is -0.133. The van der Waals surface area contributed by atoms with Gasteiger partial charge in [0.2, 0.25) is 11.8 Å². The van der Waals surface area contributed by atoms with Gasteiger partial charge in [-0.1, -0.05) is 25.3 Å². The molecule has 0 aromatic rings. The lowest BCUT2D eigenvalue weighted by atomic mass is 10.1. The Labute approximate surface area is 120 Å². The molecule has 0 aliphatic carbocycles. The van der Waals surface area contributed by atoms with Crippen molar-refractivity contribution in [2.45, 2.75) is 63.5 Å². The van der Waals surface area contributed by atoms with Gasteiger partial charge >= 0.3 is 0 Å². The topological polar surface area (TPSA) is 81.4 Å². The lowest BCUT2D eigenvalue weighted by Crippen LogP contribution is -2.47. The van der Waals surface area contributed by atoms with Gasteiger partial charge in [-0.15, -0.1) is 6.58 Å². The van der Waals surface area contributed by atoms with Gasteiger partial charge in [0.05, 0.1) is 0 Å². The first-order valence-corrected chi connectivity index (χ1v) is 7.47. The molecule has 1 rings (SSSR count). The summed E-state index contributed by atoms with van der Waals surface area (Å²) < 4.78 is 5.29. The Morgan fingerprint density at radius 2 is 2.10 bits per heavy atom. The van der Waals surface area contributed by atoms with Crippen LogP contribution in [0, 0.1) is 0 Å². The third-order valence-corrected chi connectivity index (χ3v) is 3.53. The fraction of sp³-hybridized carbons (Fsp3) is 0.733. The van der Waals surface area contributed by atoms with Crippen LogP contribution in [0.15, 0.2) is 12.7 Å². The van der Waals surface area contributed by atoms with E-state index in [1.807, 2.05) is 6.08 Å². The number of amides is 2. The Bertz CT molecular complexity index is 325. The maximum absolute atomic E-state index is 11.9. The van der Waals surface area contributed by atoms with Crippen LogP contribution in [0.4, 0.5) is 0 Å². The number of nitrogens with one attached hydrogen (secondary N) is 1. The van der Waals surface area contributed by atoms with Crippen LogP contribution in [0.25, 0.3) is 0 Å². The molecule has 0 radical (unpaired) electrons. The standard InChI is InChI=1S/C15H26N2O3/c1-2-3-4-5-6-7-9-12(14(16)18)17-15(19)13-10-8-11-20-13/h2,12-13H,1,3-11H2,(H2,16,18)(H,17,19)/t12-,13+/m0/s1.